The molecule has 0 aliphatic heterocycles. The molecule has 0 bridgehead atoms. The maximum Gasteiger partial charge on any atom is 0.434 e. The van der Waals surface area contributed by atoms with Gasteiger partial charge in [0.25, 0.3) is 0 Å². The molecule has 0 spiro atoms. The van der Waals surface area contributed by atoms with Crippen molar-refractivity contribution in [2.45, 2.75) is 98.5 Å². The Kier molecular flexibility index (Phi) is 7.56. The van der Waals surface area contributed by atoms with Crippen molar-refractivity contribution in [3.63, 3.8) is 0 Å². The van der Waals surface area contributed by atoms with Gasteiger partial charge in [-0.3, -0.25) is 0 Å². The molecule has 1 atom stereocenters. The molecule has 0 unspecified atom stereocenters. The van der Waals surface area contributed by atoms with Crippen molar-refractivity contribution in [2.75, 3.05) is 0 Å². The van der Waals surface area contributed by atoms with Crippen LogP contribution in [-0.2, 0) is 9.26 Å². The molecule has 0 rings (SSSR count). The van der Waals surface area contributed by atoms with Gasteiger partial charge in [-0.25, -0.2) is 4.79 Å². The number of allylic oxidation sites excluding steroid dienone is 1. The van der Waals surface area contributed by atoms with Crippen molar-refractivity contribution < 1.29 is 14.1 Å². The average Bonchev–Trinajstić information content (AvgIpc) is 2.33. The van der Waals surface area contributed by atoms with E-state index in [2.05, 4.69) is 46.9 Å². The van der Waals surface area contributed by atoms with Crippen molar-refractivity contribution >= 4 is 14.4 Å². The smallest absolute Gasteiger partial charge is 0.434 e. The van der Waals surface area contributed by atoms with Gasteiger partial charge < -0.3 is 9.26 Å². The van der Waals surface area contributed by atoms with Gasteiger partial charge in [0.1, 0.15) is 5.60 Å². The number of nitrogens with zero attached hydrogens (tertiary/aromatic N) is 1. The third-order valence-corrected chi connectivity index (χ3v) is 8.64. The normalized spacial score (nSPS) is 15.3. The molecule has 23 heavy (non-hydrogen) atoms. The minimum atomic E-state index is -2.14. The van der Waals surface area contributed by atoms with Crippen LogP contribution in [0.4, 0.5) is 4.79 Å². The van der Waals surface area contributed by atoms with Gasteiger partial charge >= 0.3 is 6.09 Å². The highest BCUT2D eigenvalue weighted by Crippen LogP contribution is 2.38. The van der Waals surface area contributed by atoms with E-state index >= 15 is 0 Å². The van der Waals surface area contributed by atoms with Crippen molar-refractivity contribution in [1.82, 2.24) is 5.06 Å². The van der Waals surface area contributed by atoms with Crippen LogP contribution in [0.5, 0.6) is 0 Å². The molecule has 0 aromatic rings. The van der Waals surface area contributed by atoms with Crippen LogP contribution in [0.15, 0.2) is 11.6 Å². The first-order chi connectivity index (χ1) is 10.2. The second kappa shape index (κ2) is 7.84. The molecule has 0 aromatic carbocycles. The van der Waals surface area contributed by atoms with Gasteiger partial charge in [0.2, 0.25) is 8.32 Å². The third kappa shape index (κ3) is 6.67. The quantitative estimate of drug-likeness (QED) is 0.354. The molecule has 0 radical (unpaired) electrons. The van der Waals surface area contributed by atoms with E-state index in [1.54, 1.807) is 0 Å². The second-order valence-electron chi connectivity index (χ2n) is 8.55. The van der Waals surface area contributed by atoms with Gasteiger partial charge in [0.05, 0.1) is 6.04 Å². The maximum atomic E-state index is 12.7. The predicted molar refractivity (Wildman–Crippen MR) is 99.9 cm³/mol. The highest BCUT2D eigenvalue weighted by molar-refractivity contribution is 6.74. The number of amides is 1. The Bertz CT molecular complexity index is 431. The Morgan fingerprint density at radius 3 is 1.96 bits per heavy atom. The molecule has 0 aliphatic rings. The highest BCUT2D eigenvalue weighted by Gasteiger charge is 2.43. The first-order valence-corrected chi connectivity index (χ1v) is 11.4. The van der Waals surface area contributed by atoms with Crippen molar-refractivity contribution in [3.05, 3.63) is 11.6 Å². The van der Waals surface area contributed by atoms with Gasteiger partial charge in [0.15, 0.2) is 0 Å². The molecule has 0 heterocycles. The summed E-state index contributed by atoms with van der Waals surface area (Å²) in [5.41, 5.74) is 0.614. The fourth-order valence-electron chi connectivity index (χ4n) is 1.86. The molecule has 0 fully saturated rings. The number of rotatable bonds is 5. The Morgan fingerprint density at radius 2 is 1.65 bits per heavy atom. The summed E-state index contributed by atoms with van der Waals surface area (Å²) in [7, 11) is -2.14. The van der Waals surface area contributed by atoms with E-state index in [1.807, 2.05) is 34.6 Å². The monoisotopic (exact) mass is 343 g/mol. The van der Waals surface area contributed by atoms with E-state index < -0.39 is 20.0 Å². The summed E-state index contributed by atoms with van der Waals surface area (Å²) in [4.78, 5) is 12.7. The zero-order valence-electron chi connectivity index (χ0n) is 17.0. The summed E-state index contributed by atoms with van der Waals surface area (Å²) in [6.45, 7) is 22.4. The zero-order chi connectivity index (χ0) is 18.6. The number of carbonyl (C=O) groups excluding carboxylic acids is 1. The van der Waals surface area contributed by atoms with Crippen LogP contribution in [0.3, 0.4) is 0 Å². The van der Waals surface area contributed by atoms with Crippen LogP contribution in [0, 0.1) is 0 Å². The van der Waals surface area contributed by atoms with E-state index in [0.29, 0.717) is 0 Å². The summed E-state index contributed by atoms with van der Waals surface area (Å²) in [6, 6.07) is -0.144. The van der Waals surface area contributed by atoms with Gasteiger partial charge in [-0.05, 0) is 64.7 Å². The summed E-state index contributed by atoms with van der Waals surface area (Å²) in [5.74, 6) is 0. The first kappa shape index (κ1) is 22.2. The van der Waals surface area contributed by atoms with Crippen LogP contribution in [0.1, 0.15) is 68.7 Å². The first-order valence-electron chi connectivity index (χ1n) is 8.52. The van der Waals surface area contributed by atoms with Crippen LogP contribution >= 0.6 is 0 Å². The lowest BCUT2D eigenvalue weighted by atomic mass is 10.1. The molecule has 0 saturated carbocycles. The molecular weight excluding hydrogens is 306 g/mol. The minimum Gasteiger partial charge on any atom is -0.442 e. The van der Waals surface area contributed by atoms with Gasteiger partial charge in [-0.1, -0.05) is 33.8 Å². The van der Waals surface area contributed by atoms with E-state index in [-0.39, 0.29) is 11.1 Å². The third-order valence-electron chi connectivity index (χ3n) is 4.37. The largest absolute Gasteiger partial charge is 0.442 e. The second-order valence-corrected chi connectivity index (χ2v) is 13.3. The maximum absolute atomic E-state index is 12.7. The molecule has 0 aromatic heterocycles. The minimum absolute atomic E-state index is 0.00922. The Balaban J connectivity index is 5.60. The van der Waals surface area contributed by atoms with E-state index in [1.165, 1.54) is 5.06 Å². The van der Waals surface area contributed by atoms with Crippen molar-refractivity contribution in [1.29, 1.82) is 0 Å². The number of carbonyl (C=O) groups is 1. The fraction of sp³-hybridized carbons (Fsp3) is 0.833. The standard InChI is InChI=1S/C18H37NO3Si/c1-12-15(13-2)14(3)19(16(20)21-17(4,5)6)22-23(10,11)18(7,8)9/h12,14H,13H2,1-11H3/b15-12+/t14-/m0/s1. The number of hydroxylamine groups is 2. The molecule has 0 saturated heterocycles. The van der Waals surface area contributed by atoms with Crippen LogP contribution in [-0.4, -0.2) is 31.1 Å². The Hall–Kier alpha value is -0.813. The van der Waals surface area contributed by atoms with Crippen molar-refractivity contribution in [2.24, 2.45) is 0 Å². The highest BCUT2D eigenvalue weighted by atomic mass is 28.4. The number of hydrogen-bond acceptors (Lipinski definition) is 3. The van der Waals surface area contributed by atoms with E-state index in [0.717, 1.165) is 12.0 Å². The molecule has 0 N–H and O–H groups in total. The summed E-state index contributed by atoms with van der Waals surface area (Å²) in [5, 5.41) is 1.47. The lowest BCUT2D eigenvalue weighted by Crippen LogP contribution is -2.52. The molecule has 1 amide bonds. The van der Waals surface area contributed by atoms with Crippen LogP contribution < -0.4 is 0 Å². The predicted octanol–water partition coefficient (Wildman–Crippen LogP) is 5.91. The van der Waals surface area contributed by atoms with Crippen LogP contribution in [0.25, 0.3) is 0 Å². The lowest BCUT2D eigenvalue weighted by molar-refractivity contribution is -0.0963. The topological polar surface area (TPSA) is 38.8 Å². The molecule has 0 aliphatic carbocycles. The SMILES string of the molecule is C/C=C(\CC)[C@H](C)N(O[Si](C)(C)C(C)(C)C)C(=O)OC(C)(C)C. The van der Waals surface area contributed by atoms with Gasteiger partial charge in [-0.15, -0.1) is 0 Å². The summed E-state index contributed by atoms with van der Waals surface area (Å²) < 4.78 is 11.9. The number of hydrogen-bond donors (Lipinski definition) is 0. The fourth-order valence-corrected chi connectivity index (χ4v) is 2.85. The van der Waals surface area contributed by atoms with E-state index in [4.69, 9.17) is 9.26 Å². The molecule has 136 valence electrons. The Morgan fingerprint density at radius 1 is 1.17 bits per heavy atom. The molecular formula is C18H37NO3Si. The van der Waals surface area contributed by atoms with Gasteiger partial charge in [-0.2, -0.15) is 5.06 Å². The summed E-state index contributed by atoms with van der Waals surface area (Å²) in [6.07, 6.45) is 2.51. The summed E-state index contributed by atoms with van der Waals surface area (Å²) >= 11 is 0. The van der Waals surface area contributed by atoms with Crippen molar-refractivity contribution in [3.8, 4) is 0 Å². The average molecular weight is 344 g/mol. The Labute approximate surface area is 144 Å². The lowest BCUT2D eigenvalue weighted by Gasteiger charge is -2.42. The number of ether oxygens (including phenoxy) is 1. The van der Waals surface area contributed by atoms with E-state index in [9.17, 15) is 4.79 Å². The van der Waals surface area contributed by atoms with Crippen LogP contribution in [0.2, 0.25) is 18.1 Å². The van der Waals surface area contributed by atoms with Gasteiger partial charge in [0, 0.05) is 0 Å². The molecule has 5 heteroatoms. The molecule has 4 nitrogen and oxygen atoms in total. The zero-order valence-corrected chi connectivity index (χ0v) is 18.0.